The first-order chi connectivity index (χ1) is 16.5. The van der Waals surface area contributed by atoms with E-state index in [0.29, 0.717) is 16.9 Å². The number of hydrogen-bond acceptors (Lipinski definition) is 9. The Bertz CT molecular complexity index is 1320. The number of hydrogen-bond donors (Lipinski definition) is 1. The van der Waals surface area contributed by atoms with Gasteiger partial charge in [-0.25, -0.2) is 9.59 Å². The van der Waals surface area contributed by atoms with Crippen LogP contribution in [-0.2, 0) is 19.1 Å². The van der Waals surface area contributed by atoms with Crippen LogP contribution in [0.2, 0.25) is 0 Å². The van der Waals surface area contributed by atoms with E-state index in [1.54, 1.807) is 67.0 Å². The van der Waals surface area contributed by atoms with Crippen molar-refractivity contribution in [2.45, 2.75) is 5.92 Å². The molecule has 2 heterocycles. The molecule has 4 rings (SSSR count). The van der Waals surface area contributed by atoms with Crippen molar-refractivity contribution in [1.29, 1.82) is 5.26 Å². The van der Waals surface area contributed by atoms with Gasteiger partial charge >= 0.3 is 11.9 Å². The standard InChI is InChI=1S/C24H20N6O4/c1-33-23(31)20-19(15-6-4-3-5-7-15)18(14-25)22(26)29(21(20)24(32)34-2)16-8-10-17(11-9-16)30-27-12-13-28-30/h3-13,19H,26H2,1-2H3. The summed E-state index contributed by atoms with van der Waals surface area (Å²) in [5.41, 5.74) is 8.07. The molecule has 34 heavy (non-hydrogen) atoms. The zero-order valence-electron chi connectivity index (χ0n) is 18.4. The molecule has 1 aliphatic rings. The molecular weight excluding hydrogens is 436 g/mol. The molecule has 1 unspecified atom stereocenters. The minimum absolute atomic E-state index is 0.00521. The van der Waals surface area contributed by atoms with E-state index < -0.39 is 17.9 Å². The molecule has 2 N–H and O–H groups in total. The number of allylic oxidation sites excluding steroid dienone is 1. The van der Waals surface area contributed by atoms with Crippen LogP contribution in [0.3, 0.4) is 0 Å². The molecule has 10 heteroatoms. The Hall–Kier alpha value is -4.91. The number of nitriles is 1. The van der Waals surface area contributed by atoms with Crippen molar-refractivity contribution in [1.82, 2.24) is 15.0 Å². The van der Waals surface area contributed by atoms with Crippen LogP contribution in [0.1, 0.15) is 11.5 Å². The topological polar surface area (TPSA) is 136 Å². The van der Waals surface area contributed by atoms with Gasteiger partial charge in [0.05, 0.1) is 55.4 Å². The summed E-state index contributed by atoms with van der Waals surface area (Å²) in [4.78, 5) is 28.8. The lowest BCUT2D eigenvalue weighted by molar-refractivity contribution is -0.139. The average molecular weight is 456 g/mol. The fourth-order valence-electron chi connectivity index (χ4n) is 3.87. The smallest absolute Gasteiger partial charge is 0.355 e. The second-order valence-corrected chi connectivity index (χ2v) is 7.17. The molecule has 1 atom stereocenters. The van der Waals surface area contributed by atoms with E-state index in [0.717, 1.165) is 0 Å². The van der Waals surface area contributed by atoms with Crippen LogP contribution in [0.25, 0.3) is 5.69 Å². The van der Waals surface area contributed by atoms with Crippen LogP contribution in [0.5, 0.6) is 0 Å². The number of aromatic nitrogens is 3. The van der Waals surface area contributed by atoms with E-state index in [1.165, 1.54) is 23.9 Å². The predicted molar refractivity (Wildman–Crippen MR) is 121 cm³/mol. The molecule has 0 spiro atoms. The number of ether oxygens (including phenoxy) is 2. The number of carbonyl (C=O) groups excluding carboxylic acids is 2. The Labute approximate surface area is 195 Å². The number of methoxy groups -OCH3 is 2. The average Bonchev–Trinajstić information content (AvgIpc) is 3.42. The fraction of sp³-hybridized carbons (Fsp3) is 0.125. The molecule has 1 aromatic heterocycles. The van der Waals surface area contributed by atoms with E-state index in [9.17, 15) is 14.9 Å². The van der Waals surface area contributed by atoms with Gasteiger partial charge in [0.25, 0.3) is 0 Å². The lowest BCUT2D eigenvalue weighted by Gasteiger charge is -2.35. The summed E-state index contributed by atoms with van der Waals surface area (Å²) in [7, 11) is 2.41. The van der Waals surface area contributed by atoms with Crippen molar-refractivity contribution in [3.63, 3.8) is 0 Å². The molecule has 1 aliphatic heterocycles. The summed E-state index contributed by atoms with van der Waals surface area (Å²) < 4.78 is 10.0. The quantitative estimate of drug-likeness (QED) is 0.573. The number of nitrogens with zero attached hydrogens (tertiary/aromatic N) is 5. The minimum atomic E-state index is -0.920. The van der Waals surface area contributed by atoms with E-state index in [2.05, 4.69) is 16.3 Å². The highest BCUT2D eigenvalue weighted by Gasteiger charge is 2.42. The highest BCUT2D eigenvalue weighted by atomic mass is 16.5. The predicted octanol–water partition coefficient (Wildman–Crippen LogP) is 2.17. The fourth-order valence-corrected chi connectivity index (χ4v) is 3.87. The monoisotopic (exact) mass is 456 g/mol. The molecule has 170 valence electrons. The van der Waals surface area contributed by atoms with Gasteiger partial charge in [0.15, 0.2) is 0 Å². The van der Waals surface area contributed by atoms with Crippen LogP contribution in [0.15, 0.2) is 89.7 Å². The van der Waals surface area contributed by atoms with Crippen molar-refractivity contribution in [3.05, 3.63) is 95.2 Å². The Balaban J connectivity index is 1.96. The summed E-state index contributed by atoms with van der Waals surface area (Å²) in [6, 6.07) is 17.7. The van der Waals surface area contributed by atoms with Crippen LogP contribution in [0, 0.1) is 11.3 Å². The first-order valence-corrected chi connectivity index (χ1v) is 10.1. The molecule has 0 amide bonds. The SMILES string of the molecule is COC(=O)C1=C(C(=O)OC)N(c2ccc(-n3nccn3)cc2)C(N)=C(C#N)C1c1ccccc1. The molecule has 2 aromatic carbocycles. The molecule has 0 fully saturated rings. The van der Waals surface area contributed by atoms with E-state index in [1.807, 2.05) is 0 Å². The van der Waals surface area contributed by atoms with Gasteiger partial charge in [0.1, 0.15) is 11.5 Å². The lowest BCUT2D eigenvalue weighted by Crippen LogP contribution is -2.40. The molecule has 0 saturated heterocycles. The largest absolute Gasteiger partial charge is 0.466 e. The maximum Gasteiger partial charge on any atom is 0.355 e. The van der Waals surface area contributed by atoms with Gasteiger partial charge in [-0.05, 0) is 29.8 Å². The molecule has 3 aromatic rings. The zero-order chi connectivity index (χ0) is 24.2. The Morgan fingerprint density at radius 2 is 1.53 bits per heavy atom. The van der Waals surface area contributed by atoms with Crippen molar-refractivity contribution in [2.75, 3.05) is 19.1 Å². The number of anilines is 1. The van der Waals surface area contributed by atoms with Gasteiger partial charge in [0.2, 0.25) is 0 Å². The van der Waals surface area contributed by atoms with Gasteiger partial charge < -0.3 is 15.2 Å². The Morgan fingerprint density at radius 3 is 2.09 bits per heavy atom. The molecule has 0 aliphatic carbocycles. The molecule has 10 nitrogen and oxygen atoms in total. The highest BCUT2D eigenvalue weighted by Crippen LogP contribution is 2.43. The maximum absolute atomic E-state index is 13.0. The van der Waals surface area contributed by atoms with Crippen molar-refractivity contribution in [3.8, 4) is 11.8 Å². The van der Waals surface area contributed by atoms with Crippen molar-refractivity contribution in [2.24, 2.45) is 5.73 Å². The van der Waals surface area contributed by atoms with E-state index in [-0.39, 0.29) is 22.7 Å². The van der Waals surface area contributed by atoms with Gasteiger partial charge in [-0.2, -0.15) is 20.3 Å². The molecule has 0 bridgehead atoms. The lowest BCUT2D eigenvalue weighted by atomic mass is 9.81. The van der Waals surface area contributed by atoms with Crippen molar-refractivity contribution >= 4 is 17.6 Å². The third-order valence-electron chi connectivity index (χ3n) is 5.37. The van der Waals surface area contributed by atoms with E-state index >= 15 is 0 Å². The molecular formula is C24H20N6O4. The van der Waals surface area contributed by atoms with Crippen LogP contribution in [0.4, 0.5) is 5.69 Å². The maximum atomic E-state index is 13.0. The summed E-state index contributed by atoms with van der Waals surface area (Å²) in [6.07, 6.45) is 3.09. The highest BCUT2D eigenvalue weighted by molar-refractivity contribution is 6.06. The van der Waals surface area contributed by atoms with Gasteiger partial charge in [-0.15, -0.1) is 0 Å². The summed E-state index contributed by atoms with van der Waals surface area (Å²) >= 11 is 0. The number of carbonyl (C=O) groups is 2. The third kappa shape index (κ3) is 3.75. The van der Waals surface area contributed by atoms with Gasteiger partial charge in [-0.1, -0.05) is 30.3 Å². The van der Waals surface area contributed by atoms with Crippen LogP contribution >= 0.6 is 0 Å². The second kappa shape index (κ2) is 9.30. The Kier molecular flexibility index (Phi) is 6.09. The summed E-state index contributed by atoms with van der Waals surface area (Å²) in [6.45, 7) is 0. The number of benzene rings is 2. The van der Waals surface area contributed by atoms with Gasteiger partial charge in [0, 0.05) is 5.69 Å². The minimum Gasteiger partial charge on any atom is -0.466 e. The zero-order valence-corrected chi connectivity index (χ0v) is 18.4. The normalized spacial score (nSPS) is 15.7. The summed E-state index contributed by atoms with van der Waals surface area (Å²) in [5, 5.41) is 18.2. The first-order valence-electron chi connectivity index (χ1n) is 10.1. The molecule has 0 saturated carbocycles. The third-order valence-corrected chi connectivity index (χ3v) is 5.37. The van der Waals surface area contributed by atoms with Crippen LogP contribution < -0.4 is 10.6 Å². The number of esters is 2. The number of nitrogens with two attached hydrogens (primary N) is 1. The Morgan fingerprint density at radius 1 is 0.941 bits per heavy atom. The molecule has 0 radical (unpaired) electrons. The van der Waals surface area contributed by atoms with Crippen LogP contribution in [-0.4, -0.2) is 41.2 Å². The van der Waals surface area contributed by atoms with E-state index in [4.69, 9.17) is 15.2 Å². The van der Waals surface area contributed by atoms with Crippen molar-refractivity contribution < 1.29 is 19.1 Å². The second-order valence-electron chi connectivity index (χ2n) is 7.17. The first kappa shape index (κ1) is 22.3. The number of rotatable bonds is 5. The summed E-state index contributed by atoms with van der Waals surface area (Å²) in [5.74, 6) is -2.51. The van der Waals surface area contributed by atoms with Gasteiger partial charge in [-0.3, -0.25) is 4.90 Å².